The highest BCUT2D eigenvalue weighted by atomic mass is 32.2. The Kier molecular flexibility index (Phi) is 5.69. The van der Waals surface area contributed by atoms with Gasteiger partial charge in [-0.3, -0.25) is 4.99 Å². The Hall–Kier alpha value is -2.80. The van der Waals surface area contributed by atoms with Crippen molar-refractivity contribution < 1.29 is 14.0 Å². The standard InChI is InChI=1S/C18H17N3O3S/c1-22-15-8-7-13(9-16(15)23-2)10-19-14-5-3-4-6-17(14)25-11-18-20-12-24-21-18/h3-10,12H,11H2,1-2H3/b19-10+. The topological polar surface area (TPSA) is 69.7 Å². The van der Waals surface area contributed by atoms with E-state index in [1.165, 1.54) is 6.39 Å². The molecule has 25 heavy (non-hydrogen) atoms. The third kappa shape index (κ3) is 4.39. The van der Waals surface area contributed by atoms with Crippen molar-refractivity contribution in [3.05, 3.63) is 60.2 Å². The molecule has 1 aromatic heterocycles. The van der Waals surface area contributed by atoms with E-state index in [-0.39, 0.29) is 0 Å². The fourth-order valence-electron chi connectivity index (χ4n) is 2.16. The maximum atomic E-state index is 5.32. The maximum Gasteiger partial charge on any atom is 0.213 e. The van der Waals surface area contributed by atoms with Gasteiger partial charge in [-0.2, -0.15) is 4.98 Å². The van der Waals surface area contributed by atoms with Crippen LogP contribution in [0.3, 0.4) is 0 Å². The molecule has 1 heterocycles. The zero-order valence-electron chi connectivity index (χ0n) is 13.9. The van der Waals surface area contributed by atoms with Crippen molar-refractivity contribution in [2.24, 2.45) is 4.99 Å². The molecular weight excluding hydrogens is 338 g/mol. The number of methoxy groups -OCH3 is 2. The predicted molar refractivity (Wildman–Crippen MR) is 97.1 cm³/mol. The number of aliphatic imine (C=N–C) groups is 1. The normalized spacial score (nSPS) is 11.0. The number of hydrogen-bond donors (Lipinski definition) is 0. The summed E-state index contributed by atoms with van der Waals surface area (Å²) < 4.78 is 15.3. The van der Waals surface area contributed by atoms with Gasteiger partial charge >= 0.3 is 0 Å². The summed E-state index contributed by atoms with van der Waals surface area (Å²) in [7, 11) is 3.23. The molecule has 3 rings (SSSR count). The summed E-state index contributed by atoms with van der Waals surface area (Å²) >= 11 is 1.61. The van der Waals surface area contributed by atoms with Gasteiger partial charge in [-0.1, -0.05) is 17.3 Å². The zero-order valence-corrected chi connectivity index (χ0v) is 14.7. The summed E-state index contributed by atoms with van der Waals surface area (Å²) in [6.45, 7) is 0. The number of para-hydroxylation sites is 1. The van der Waals surface area contributed by atoms with Crippen molar-refractivity contribution in [3.8, 4) is 11.5 Å². The molecule has 6 nitrogen and oxygen atoms in total. The van der Waals surface area contributed by atoms with Gasteiger partial charge in [0.25, 0.3) is 0 Å². The Morgan fingerprint density at radius 3 is 2.72 bits per heavy atom. The molecule has 0 saturated carbocycles. The van der Waals surface area contributed by atoms with Gasteiger partial charge in [0.2, 0.25) is 6.39 Å². The monoisotopic (exact) mass is 355 g/mol. The van der Waals surface area contributed by atoms with Gasteiger partial charge in [0.05, 0.1) is 25.7 Å². The summed E-state index contributed by atoms with van der Waals surface area (Å²) in [4.78, 5) is 9.67. The Balaban J connectivity index is 1.77. The van der Waals surface area contributed by atoms with Crippen LogP contribution in [-0.4, -0.2) is 30.6 Å². The molecular formula is C18H17N3O3S. The van der Waals surface area contributed by atoms with Crippen LogP contribution < -0.4 is 9.47 Å². The average Bonchev–Trinajstić information content (AvgIpc) is 3.18. The third-order valence-corrected chi connectivity index (χ3v) is 4.45. The van der Waals surface area contributed by atoms with E-state index < -0.39 is 0 Å². The molecule has 0 unspecified atom stereocenters. The van der Waals surface area contributed by atoms with Gasteiger partial charge in [-0.05, 0) is 35.9 Å². The second-order valence-electron chi connectivity index (χ2n) is 4.98. The van der Waals surface area contributed by atoms with Crippen LogP contribution >= 0.6 is 11.8 Å². The Labute approximate surface area is 149 Å². The first-order chi connectivity index (χ1) is 12.3. The molecule has 0 amide bonds. The van der Waals surface area contributed by atoms with Crippen LogP contribution in [0.1, 0.15) is 11.4 Å². The molecule has 0 aliphatic heterocycles. The lowest BCUT2D eigenvalue weighted by Crippen LogP contribution is -1.92. The second-order valence-corrected chi connectivity index (χ2v) is 5.99. The van der Waals surface area contributed by atoms with Gasteiger partial charge in [0.15, 0.2) is 17.3 Å². The van der Waals surface area contributed by atoms with Crippen LogP contribution in [0.25, 0.3) is 0 Å². The molecule has 7 heteroatoms. The number of hydrogen-bond acceptors (Lipinski definition) is 7. The lowest BCUT2D eigenvalue weighted by Gasteiger charge is -2.07. The minimum atomic E-state index is 0.624. The summed E-state index contributed by atoms with van der Waals surface area (Å²) in [6.07, 6.45) is 3.13. The predicted octanol–water partition coefficient (Wildman–Crippen LogP) is 4.13. The Morgan fingerprint density at radius 1 is 1.12 bits per heavy atom. The summed E-state index contributed by atoms with van der Waals surface area (Å²) in [6, 6.07) is 13.6. The van der Waals surface area contributed by atoms with Gasteiger partial charge in [-0.25, -0.2) is 0 Å². The van der Waals surface area contributed by atoms with Crippen LogP contribution in [0.15, 0.2) is 63.3 Å². The first-order valence-corrected chi connectivity index (χ1v) is 8.52. The zero-order chi connectivity index (χ0) is 17.5. The van der Waals surface area contributed by atoms with E-state index in [9.17, 15) is 0 Å². The minimum Gasteiger partial charge on any atom is -0.493 e. The fourth-order valence-corrected chi connectivity index (χ4v) is 3.02. The molecule has 128 valence electrons. The second kappa shape index (κ2) is 8.34. The molecule has 0 saturated heterocycles. The molecule has 0 fully saturated rings. The summed E-state index contributed by atoms with van der Waals surface area (Å²) in [5.74, 6) is 2.64. The average molecular weight is 355 g/mol. The number of rotatable bonds is 7. The van der Waals surface area contributed by atoms with Crippen molar-refractivity contribution in [1.82, 2.24) is 10.1 Å². The number of nitrogens with zero attached hydrogens (tertiary/aromatic N) is 3. The molecule has 0 aliphatic carbocycles. The third-order valence-electron chi connectivity index (χ3n) is 3.39. The van der Waals surface area contributed by atoms with E-state index in [4.69, 9.17) is 14.0 Å². The van der Waals surface area contributed by atoms with Gasteiger partial charge in [0, 0.05) is 11.1 Å². The molecule has 0 bridgehead atoms. The smallest absolute Gasteiger partial charge is 0.213 e. The van der Waals surface area contributed by atoms with Crippen LogP contribution in [0.2, 0.25) is 0 Å². The molecule has 0 N–H and O–H groups in total. The van der Waals surface area contributed by atoms with E-state index in [1.54, 1.807) is 32.2 Å². The number of thioether (sulfide) groups is 1. The molecule has 0 aliphatic rings. The Bertz CT molecular complexity index is 851. The SMILES string of the molecule is COc1ccc(/C=N/c2ccccc2SCc2ncon2)cc1OC. The van der Waals surface area contributed by atoms with Crippen LogP contribution in [0, 0.1) is 0 Å². The van der Waals surface area contributed by atoms with Crippen molar-refractivity contribution in [1.29, 1.82) is 0 Å². The lowest BCUT2D eigenvalue weighted by atomic mass is 10.2. The summed E-state index contributed by atoms with van der Waals surface area (Å²) in [5, 5.41) is 3.82. The van der Waals surface area contributed by atoms with Gasteiger partial charge in [0.1, 0.15) is 0 Å². The maximum absolute atomic E-state index is 5.32. The van der Waals surface area contributed by atoms with Gasteiger partial charge in [-0.15, -0.1) is 11.8 Å². The van der Waals surface area contributed by atoms with Crippen molar-refractivity contribution >= 4 is 23.7 Å². The van der Waals surface area contributed by atoms with Gasteiger partial charge < -0.3 is 14.0 Å². The highest BCUT2D eigenvalue weighted by Gasteiger charge is 2.06. The number of aromatic nitrogens is 2. The number of ether oxygens (including phenoxy) is 2. The Morgan fingerprint density at radius 2 is 1.96 bits per heavy atom. The largest absolute Gasteiger partial charge is 0.493 e. The molecule has 0 radical (unpaired) electrons. The van der Waals surface area contributed by atoms with Crippen LogP contribution in [0.4, 0.5) is 5.69 Å². The first-order valence-electron chi connectivity index (χ1n) is 7.53. The van der Waals surface area contributed by atoms with E-state index in [0.717, 1.165) is 16.1 Å². The molecule has 3 aromatic rings. The highest BCUT2D eigenvalue weighted by Crippen LogP contribution is 2.31. The number of benzene rings is 2. The molecule has 2 aromatic carbocycles. The van der Waals surface area contributed by atoms with E-state index in [1.807, 2.05) is 42.5 Å². The van der Waals surface area contributed by atoms with E-state index >= 15 is 0 Å². The first kappa shape index (κ1) is 17.0. The van der Waals surface area contributed by atoms with Crippen molar-refractivity contribution in [2.45, 2.75) is 10.6 Å². The lowest BCUT2D eigenvalue weighted by molar-refractivity contribution is 0.355. The van der Waals surface area contributed by atoms with Crippen molar-refractivity contribution in [2.75, 3.05) is 14.2 Å². The minimum absolute atomic E-state index is 0.624. The van der Waals surface area contributed by atoms with Crippen LogP contribution in [0.5, 0.6) is 11.5 Å². The molecule has 0 spiro atoms. The molecule has 0 atom stereocenters. The van der Waals surface area contributed by atoms with Crippen LogP contribution in [-0.2, 0) is 5.75 Å². The summed E-state index contributed by atoms with van der Waals surface area (Å²) in [5.41, 5.74) is 1.81. The fraction of sp³-hybridized carbons (Fsp3) is 0.167. The van der Waals surface area contributed by atoms with Crippen molar-refractivity contribution in [3.63, 3.8) is 0 Å². The van der Waals surface area contributed by atoms with E-state index in [0.29, 0.717) is 23.1 Å². The van der Waals surface area contributed by atoms with E-state index in [2.05, 4.69) is 15.1 Å². The quantitative estimate of drug-likeness (QED) is 0.469. The highest BCUT2D eigenvalue weighted by molar-refractivity contribution is 7.98.